The molecular weight excluding hydrogens is 376 g/mol. The number of fused-ring (bicyclic) bond motifs is 2. The van der Waals surface area contributed by atoms with Crippen molar-refractivity contribution >= 4 is 5.91 Å². The van der Waals surface area contributed by atoms with Crippen molar-refractivity contribution in [2.24, 2.45) is 0 Å². The molecule has 0 fully saturated rings. The lowest BCUT2D eigenvalue weighted by atomic mass is 9.90. The number of rotatable bonds is 2. The first-order valence-electron chi connectivity index (χ1n) is 10.4. The van der Waals surface area contributed by atoms with Crippen molar-refractivity contribution in [1.82, 2.24) is 20.2 Å². The van der Waals surface area contributed by atoms with Crippen LogP contribution >= 0.6 is 0 Å². The fraction of sp³-hybridized carbons (Fsp3) is 0.333. The Bertz CT molecular complexity index is 1100. The molecule has 154 valence electrons. The normalized spacial score (nSPS) is 20.5. The van der Waals surface area contributed by atoms with E-state index < -0.39 is 0 Å². The summed E-state index contributed by atoms with van der Waals surface area (Å²) in [5.74, 6) is 1.21. The van der Waals surface area contributed by atoms with Crippen LogP contribution in [0.15, 0.2) is 42.5 Å². The second-order valence-electron chi connectivity index (χ2n) is 8.38. The molecule has 0 saturated carbocycles. The highest BCUT2D eigenvalue weighted by Crippen LogP contribution is 2.34. The van der Waals surface area contributed by atoms with Gasteiger partial charge in [-0.15, -0.1) is 0 Å². The average molecular weight is 402 g/mol. The van der Waals surface area contributed by atoms with Crippen molar-refractivity contribution in [2.45, 2.75) is 51.9 Å². The zero-order chi connectivity index (χ0) is 20.8. The maximum absolute atomic E-state index is 13.7. The number of imidazole rings is 1. The van der Waals surface area contributed by atoms with Crippen molar-refractivity contribution in [3.8, 4) is 5.75 Å². The number of hydrogen-bond donors (Lipinski definition) is 3. The molecule has 3 N–H and O–H groups in total. The van der Waals surface area contributed by atoms with Gasteiger partial charge >= 0.3 is 0 Å². The van der Waals surface area contributed by atoms with Crippen molar-refractivity contribution in [3.63, 3.8) is 0 Å². The highest BCUT2D eigenvalue weighted by Gasteiger charge is 2.37. The largest absolute Gasteiger partial charge is 0.508 e. The number of nitrogens with zero attached hydrogens (tertiary/aromatic N) is 2. The molecular formula is C24H26N4O2. The van der Waals surface area contributed by atoms with Gasteiger partial charge in [-0.1, -0.05) is 30.3 Å². The first-order valence-corrected chi connectivity index (χ1v) is 10.4. The molecule has 3 heterocycles. The van der Waals surface area contributed by atoms with Gasteiger partial charge in [0.1, 0.15) is 11.6 Å². The Morgan fingerprint density at radius 3 is 2.60 bits per heavy atom. The third-order valence-corrected chi connectivity index (χ3v) is 6.44. The fourth-order valence-electron chi connectivity index (χ4n) is 4.61. The van der Waals surface area contributed by atoms with Crippen LogP contribution in [-0.2, 0) is 30.7 Å². The van der Waals surface area contributed by atoms with E-state index in [1.807, 2.05) is 30.9 Å². The van der Waals surface area contributed by atoms with Crippen molar-refractivity contribution < 1.29 is 9.90 Å². The highest BCUT2D eigenvalue weighted by atomic mass is 16.3. The number of phenolic OH excluding ortho intramolecular Hbond substituents is 1. The monoisotopic (exact) mass is 402 g/mol. The molecule has 0 spiro atoms. The van der Waals surface area contributed by atoms with E-state index >= 15 is 0 Å². The van der Waals surface area contributed by atoms with E-state index in [2.05, 4.69) is 28.5 Å². The molecule has 1 amide bonds. The summed E-state index contributed by atoms with van der Waals surface area (Å²) in [6.07, 6.45) is 1.38. The summed E-state index contributed by atoms with van der Waals surface area (Å²) < 4.78 is 0. The van der Waals surface area contributed by atoms with Gasteiger partial charge in [-0.05, 0) is 54.7 Å². The van der Waals surface area contributed by atoms with Crippen LogP contribution in [0.2, 0.25) is 0 Å². The van der Waals surface area contributed by atoms with Crippen LogP contribution in [0.25, 0.3) is 0 Å². The number of carbonyl (C=O) groups is 1. The fourth-order valence-corrected chi connectivity index (χ4v) is 4.61. The zero-order valence-corrected chi connectivity index (χ0v) is 17.3. The quantitative estimate of drug-likeness (QED) is 0.615. The molecule has 6 heteroatoms. The highest BCUT2D eigenvalue weighted by molar-refractivity contribution is 5.83. The number of aromatic amines is 1. The van der Waals surface area contributed by atoms with Crippen LogP contribution in [0, 0.1) is 13.8 Å². The number of amides is 1. The summed E-state index contributed by atoms with van der Waals surface area (Å²) in [7, 11) is 0. The predicted molar refractivity (Wildman–Crippen MR) is 114 cm³/mol. The van der Waals surface area contributed by atoms with E-state index in [1.54, 1.807) is 12.1 Å². The van der Waals surface area contributed by atoms with E-state index in [9.17, 15) is 9.90 Å². The Morgan fingerprint density at radius 1 is 1.07 bits per heavy atom. The Labute approximate surface area is 176 Å². The number of nitrogens with one attached hydrogen (secondary N) is 2. The Balaban J connectivity index is 1.47. The Morgan fingerprint density at radius 2 is 1.83 bits per heavy atom. The number of hydrogen-bond acceptors (Lipinski definition) is 4. The topological polar surface area (TPSA) is 81.2 Å². The average Bonchev–Trinajstić information content (AvgIpc) is 3.10. The standard InChI is InChI=1S/C24H26N4O2/c1-14-15(2)27-23(26-14)22-11-16-5-3-4-6-18(16)13-28(22)24(30)21-10-17-7-8-20(29)9-19(17)12-25-21/h3-9,21-22,25,29H,10-13H2,1-2H3,(H,26,27)/t21-,22-/m0/s1. The van der Waals surface area contributed by atoms with Crippen LogP contribution in [0.4, 0.5) is 0 Å². The second kappa shape index (κ2) is 7.29. The molecule has 2 aliphatic heterocycles. The Hall–Kier alpha value is -3.12. The van der Waals surface area contributed by atoms with Crippen molar-refractivity contribution in [3.05, 3.63) is 81.9 Å². The lowest BCUT2D eigenvalue weighted by molar-refractivity contribution is -0.137. The van der Waals surface area contributed by atoms with Crippen LogP contribution in [0.1, 0.15) is 45.5 Å². The molecule has 2 aliphatic rings. The maximum Gasteiger partial charge on any atom is 0.240 e. The van der Waals surface area contributed by atoms with Crippen LogP contribution in [0.3, 0.4) is 0 Å². The number of aryl methyl sites for hydroxylation is 2. The minimum absolute atomic E-state index is 0.0972. The lowest BCUT2D eigenvalue weighted by Gasteiger charge is -2.39. The molecule has 1 aromatic heterocycles. The van der Waals surface area contributed by atoms with Crippen LogP contribution in [0.5, 0.6) is 5.75 Å². The maximum atomic E-state index is 13.7. The summed E-state index contributed by atoms with van der Waals surface area (Å²) in [4.78, 5) is 23.8. The molecule has 2 atom stereocenters. The van der Waals surface area contributed by atoms with Gasteiger partial charge < -0.3 is 20.3 Å². The summed E-state index contributed by atoms with van der Waals surface area (Å²) in [5, 5.41) is 13.1. The molecule has 0 radical (unpaired) electrons. The van der Waals surface area contributed by atoms with Gasteiger partial charge in [-0.3, -0.25) is 4.79 Å². The minimum atomic E-state index is -0.285. The summed E-state index contributed by atoms with van der Waals surface area (Å²) >= 11 is 0. The van der Waals surface area contributed by atoms with Gasteiger partial charge in [-0.2, -0.15) is 0 Å². The van der Waals surface area contributed by atoms with E-state index in [1.165, 1.54) is 11.1 Å². The van der Waals surface area contributed by atoms with Gasteiger partial charge in [0.2, 0.25) is 5.91 Å². The van der Waals surface area contributed by atoms with E-state index in [-0.39, 0.29) is 23.7 Å². The molecule has 3 aromatic rings. The number of benzene rings is 2. The Kier molecular flexibility index (Phi) is 4.59. The molecule has 30 heavy (non-hydrogen) atoms. The predicted octanol–water partition coefficient (Wildman–Crippen LogP) is 3.07. The van der Waals surface area contributed by atoms with Gasteiger partial charge in [0.25, 0.3) is 0 Å². The van der Waals surface area contributed by atoms with Crippen molar-refractivity contribution in [2.75, 3.05) is 0 Å². The van der Waals surface area contributed by atoms with Crippen LogP contribution < -0.4 is 5.32 Å². The zero-order valence-electron chi connectivity index (χ0n) is 17.3. The third kappa shape index (κ3) is 3.27. The molecule has 5 rings (SSSR count). The lowest BCUT2D eigenvalue weighted by Crippen LogP contribution is -2.51. The van der Waals surface area contributed by atoms with Crippen molar-refractivity contribution in [1.29, 1.82) is 0 Å². The molecule has 6 nitrogen and oxygen atoms in total. The number of aromatic hydroxyl groups is 1. The van der Waals surface area contributed by atoms with E-state index in [0.29, 0.717) is 19.5 Å². The molecule has 0 saturated heterocycles. The van der Waals surface area contributed by atoms with E-state index in [4.69, 9.17) is 4.98 Å². The first kappa shape index (κ1) is 18.9. The summed E-state index contributed by atoms with van der Waals surface area (Å²) in [5.41, 5.74) is 6.65. The third-order valence-electron chi connectivity index (χ3n) is 6.44. The van der Waals surface area contributed by atoms with Gasteiger partial charge in [-0.25, -0.2) is 4.98 Å². The summed E-state index contributed by atoms with van der Waals surface area (Å²) in [6.45, 7) is 5.17. The number of phenols is 1. The second-order valence-corrected chi connectivity index (χ2v) is 8.38. The van der Waals surface area contributed by atoms with E-state index in [0.717, 1.165) is 34.8 Å². The number of aromatic nitrogens is 2. The minimum Gasteiger partial charge on any atom is -0.508 e. The van der Waals surface area contributed by atoms with Gasteiger partial charge in [0.05, 0.1) is 17.8 Å². The smallest absolute Gasteiger partial charge is 0.240 e. The number of H-pyrrole nitrogens is 1. The molecule has 0 unspecified atom stereocenters. The first-order chi connectivity index (χ1) is 14.5. The molecule has 0 bridgehead atoms. The molecule has 2 aromatic carbocycles. The summed E-state index contributed by atoms with van der Waals surface area (Å²) in [6, 6.07) is 13.3. The van der Waals surface area contributed by atoms with Crippen LogP contribution in [-0.4, -0.2) is 31.9 Å². The van der Waals surface area contributed by atoms with Gasteiger partial charge in [0, 0.05) is 25.2 Å². The SMILES string of the molecule is Cc1nc([C@@H]2Cc3ccccc3CN2C(=O)[C@@H]2Cc3ccc(O)cc3CN2)[nH]c1C. The van der Waals surface area contributed by atoms with Gasteiger partial charge in [0.15, 0.2) is 0 Å². The number of carbonyl (C=O) groups excluding carboxylic acids is 1. The molecule has 0 aliphatic carbocycles.